The van der Waals surface area contributed by atoms with Crippen molar-refractivity contribution < 1.29 is 9.53 Å². The minimum Gasteiger partial charge on any atom is -0.468 e. The molecule has 102 valence electrons. The zero-order chi connectivity index (χ0) is 13.4. The molecular weight excluding hydrogens is 216 g/mol. The second-order valence-corrected chi connectivity index (χ2v) is 5.24. The first-order chi connectivity index (χ1) is 7.90. The highest BCUT2D eigenvalue weighted by Crippen LogP contribution is 2.08. The van der Waals surface area contributed by atoms with Gasteiger partial charge in [-0.05, 0) is 32.9 Å². The lowest BCUT2D eigenvalue weighted by Gasteiger charge is -2.27. The Hall–Kier alpha value is -0.610. The first-order valence-electron chi connectivity index (χ1n) is 6.39. The topological polar surface area (TPSA) is 41.6 Å². The number of rotatable bonds is 8. The Morgan fingerprint density at radius 3 is 2.29 bits per heavy atom. The number of hydrogen-bond donors (Lipinski definition) is 1. The number of likely N-dealkylation sites (N-methyl/N-ethyl adjacent to an activating group) is 1. The third kappa shape index (κ3) is 7.34. The maximum absolute atomic E-state index is 11.6. The van der Waals surface area contributed by atoms with Crippen LogP contribution in [0.25, 0.3) is 0 Å². The summed E-state index contributed by atoms with van der Waals surface area (Å²) >= 11 is 0. The molecule has 0 saturated heterocycles. The number of methoxy groups -OCH3 is 1. The molecule has 0 aromatic rings. The Bertz CT molecular complexity index is 207. The number of ether oxygens (including phenoxy) is 1. The van der Waals surface area contributed by atoms with Gasteiger partial charge in [0, 0.05) is 12.6 Å². The summed E-state index contributed by atoms with van der Waals surface area (Å²) in [5.74, 6) is 0.447. The van der Waals surface area contributed by atoms with E-state index in [9.17, 15) is 4.79 Å². The van der Waals surface area contributed by atoms with Gasteiger partial charge in [-0.1, -0.05) is 20.8 Å². The summed E-state index contributed by atoms with van der Waals surface area (Å²) in [6.45, 7) is 7.33. The molecule has 0 saturated carbocycles. The fraction of sp³-hybridized carbons (Fsp3) is 0.923. The minimum absolute atomic E-state index is 0.167. The van der Waals surface area contributed by atoms with Gasteiger partial charge in [-0.2, -0.15) is 0 Å². The third-order valence-electron chi connectivity index (χ3n) is 2.67. The van der Waals surface area contributed by atoms with Crippen LogP contribution in [0.5, 0.6) is 0 Å². The van der Waals surface area contributed by atoms with E-state index in [4.69, 9.17) is 4.74 Å². The molecule has 0 aromatic carbocycles. The standard InChI is InChI=1S/C13H28N2O2/c1-7-12(13(16)17-6)14-11(8-10(2)3)9-15(4)5/h10-12,14H,7-9H2,1-6H3. The molecule has 0 rings (SSSR count). The lowest BCUT2D eigenvalue weighted by atomic mass is 10.0. The van der Waals surface area contributed by atoms with Crippen molar-refractivity contribution >= 4 is 5.97 Å². The summed E-state index contributed by atoms with van der Waals surface area (Å²) < 4.78 is 4.80. The van der Waals surface area contributed by atoms with Gasteiger partial charge in [0.15, 0.2) is 0 Å². The molecule has 2 unspecified atom stereocenters. The van der Waals surface area contributed by atoms with Crippen molar-refractivity contribution in [3.05, 3.63) is 0 Å². The monoisotopic (exact) mass is 244 g/mol. The van der Waals surface area contributed by atoms with E-state index in [1.165, 1.54) is 7.11 Å². The Morgan fingerprint density at radius 1 is 1.35 bits per heavy atom. The maximum atomic E-state index is 11.6. The molecule has 17 heavy (non-hydrogen) atoms. The van der Waals surface area contributed by atoms with E-state index >= 15 is 0 Å². The molecule has 0 aliphatic heterocycles. The molecule has 4 heteroatoms. The molecule has 0 fully saturated rings. The number of carbonyl (C=O) groups is 1. The van der Waals surface area contributed by atoms with Gasteiger partial charge in [0.05, 0.1) is 7.11 Å². The van der Waals surface area contributed by atoms with E-state index in [0.717, 1.165) is 19.4 Å². The molecular formula is C13H28N2O2. The first-order valence-corrected chi connectivity index (χ1v) is 6.39. The van der Waals surface area contributed by atoms with Crippen molar-refractivity contribution in [1.82, 2.24) is 10.2 Å². The molecule has 4 nitrogen and oxygen atoms in total. The molecule has 2 atom stereocenters. The molecule has 1 N–H and O–H groups in total. The van der Waals surface area contributed by atoms with Crippen LogP contribution in [0.3, 0.4) is 0 Å². The molecule has 0 aliphatic carbocycles. The largest absolute Gasteiger partial charge is 0.468 e. The lowest BCUT2D eigenvalue weighted by Crippen LogP contribution is -2.48. The van der Waals surface area contributed by atoms with Crippen LogP contribution in [0.4, 0.5) is 0 Å². The van der Waals surface area contributed by atoms with E-state index in [1.54, 1.807) is 0 Å². The fourth-order valence-electron chi connectivity index (χ4n) is 1.98. The average molecular weight is 244 g/mol. The van der Waals surface area contributed by atoms with Crippen molar-refractivity contribution in [2.24, 2.45) is 5.92 Å². The van der Waals surface area contributed by atoms with Crippen LogP contribution in [0.2, 0.25) is 0 Å². The van der Waals surface area contributed by atoms with Crippen LogP contribution in [0.1, 0.15) is 33.6 Å². The van der Waals surface area contributed by atoms with Crippen LogP contribution in [-0.2, 0) is 9.53 Å². The Morgan fingerprint density at radius 2 is 1.94 bits per heavy atom. The van der Waals surface area contributed by atoms with Crippen LogP contribution < -0.4 is 5.32 Å². The molecule has 0 aliphatic rings. The molecule has 0 bridgehead atoms. The van der Waals surface area contributed by atoms with Crippen LogP contribution in [0, 0.1) is 5.92 Å². The predicted octanol–water partition coefficient (Wildman–Crippen LogP) is 1.50. The Kier molecular flexibility index (Phi) is 8.17. The number of hydrogen-bond acceptors (Lipinski definition) is 4. The summed E-state index contributed by atoms with van der Waals surface area (Å²) in [6, 6.07) is 0.137. The zero-order valence-electron chi connectivity index (χ0n) is 12.1. The summed E-state index contributed by atoms with van der Waals surface area (Å²) in [4.78, 5) is 13.7. The SMILES string of the molecule is CCC(NC(CC(C)C)CN(C)C)C(=O)OC. The average Bonchev–Trinajstić information content (AvgIpc) is 2.22. The number of carbonyl (C=O) groups excluding carboxylic acids is 1. The summed E-state index contributed by atoms with van der Waals surface area (Å²) in [5, 5.41) is 3.40. The van der Waals surface area contributed by atoms with E-state index in [1.807, 2.05) is 21.0 Å². The highest BCUT2D eigenvalue weighted by Gasteiger charge is 2.21. The number of esters is 1. The van der Waals surface area contributed by atoms with Gasteiger partial charge in [-0.15, -0.1) is 0 Å². The van der Waals surface area contributed by atoms with E-state index in [2.05, 4.69) is 24.1 Å². The molecule has 0 amide bonds. The van der Waals surface area contributed by atoms with Gasteiger partial charge in [0.25, 0.3) is 0 Å². The highest BCUT2D eigenvalue weighted by molar-refractivity contribution is 5.75. The van der Waals surface area contributed by atoms with Gasteiger partial charge in [0.1, 0.15) is 6.04 Å². The van der Waals surface area contributed by atoms with Crippen LogP contribution in [-0.4, -0.2) is 50.7 Å². The van der Waals surface area contributed by atoms with Crippen LogP contribution in [0.15, 0.2) is 0 Å². The van der Waals surface area contributed by atoms with E-state index in [-0.39, 0.29) is 12.0 Å². The molecule has 0 radical (unpaired) electrons. The summed E-state index contributed by atoms with van der Waals surface area (Å²) in [7, 11) is 5.54. The van der Waals surface area contributed by atoms with Gasteiger partial charge >= 0.3 is 5.97 Å². The minimum atomic E-state index is -0.191. The zero-order valence-corrected chi connectivity index (χ0v) is 12.1. The highest BCUT2D eigenvalue weighted by atomic mass is 16.5. The van der Waals surface area contributed by atoms with Crippen molar-refractivity contribution in [3.8, 4) is 0 Å². The molecule has 0 spiro atoms. The number of nitrogens with one attached hydrogen (secondary N) is 1. The van der Waals surface area contributed by atoms with Crippen molar-refractivity contribution in [1.29, 1.82) is 0 Å². The van der Waals surface area contributed by atoms with E-state index in [0.29, 0.717) is 12.0 Å². The van der Waals surface area contributed by atoms with Crippen molar-refractivity contribution in [2.75, 3.05) is 27.7 Å². The second kappa shape index (κ2) is 8.48. The van der Waals surface area contributed by atoms with Gasteiger partial charge < -0.3 is 15.0 Å². The molecule has 0 aromatic heterocycles. The van der Waals surface area contributed by atoms with E-state index < -0.39 is 0 Å². The van der Waals surface area contributed by atoms with Crippen molar-refractivity contribution in [3.63, 3.8) is 0 Å². The van der Waals surface area contributed by atoms with Gasteiger partial charge in [-0.3, -0.25) is 4.79 Å². The summed E-state index contributed by atoms with van der Waals surface area (Å²) in [6.07, 6.45) is 1.82. The van der Waals surface area contributed by atoms with Crippen LogP contribution >= 0.6 is 0 Å². The van der Waals surface area contributed by atoms with Gasteiger partial charge in [-0.25, -0.2) is 0 Å². The van der Waals surface area contributed by atoms with Crippen molar-refractivity contribution in [2.45, 2.75) is 45.7 Å². The summed E-state index contributed by atoms with van der Waals surface area (Å²) in [5.41, 5.74) is 0. The lowest BCUT2D eigenvalue weighted by molar-refractivity contribution is -0.143. The molecule has 0 heterocycles. The maximum Gasteiger partial charge on any atom is 0.322 e. The normalized spacial score (nSPS) is 15.1. The quantitative estimate of drug-likeness (QED) is 0.657. The Balaban J connectivity index is 4.42. The fourth-order valence-corrected chi connectivity index (χ4v) is 1.98. The second-order valence-electron chi connectivity index (χ2n) is 5.24. The smallest absolute Gasteiger partial charge is 0.322 e. The predicted molar refractivity (Wildman–Crippen MR) is 71.0 cm³/mol. The van der Waals surface area contributed by atoms with Gasteiger partial charge in [0.2, 0.25) is 0 Å². The third-order valence-corrected chi connectivity index (χ3v) is 2.67. The first kappa shape index (κ1) is 16.4. The Labute approximate surface area is 106 Å². The number of nitrogens with zero attached hydrogens (tertiary/aromatic N) is 1.